The number of nitrogens with one attached hydrogen (secondary N) is 1. The molecule has 1 fully saturated rings. The molecular weight excluding hydrogens is 266 g/mol. The zero-order chi connectivity index (χ0) is 14.1. The van der Waals surface area contributed by atoms with Gasteiger partial charge in [0.25, 0.3) is 0 Å². The van der Waals surface area contributed by atoms with Gasteiger partial charge in [0, 0.05) is 25.5 Å². The van der Waals surface area contributed by atoms with Crippen LogP contribution in [0.1, 0.15) is 0 Å². The van der Waals surface area contributed by atoms with E-state index in [1.165, 1.54) is 0 Å². The molecule has 1 atom stereocenters. The second-order valence-electron chi connectivity index (χ2n) is 5.24. The average Bonchev–Trinajstić information content (AvgIpc) is 3.16. The number of aromatic nitrogens is 4. The number of aromatic amines is 1. The molecule has 1 aromatic carbocycles. The number of morpholine rings is 1. The van der Waals surface area contributed by atoms with Crippen LogP contribution >= 0.6 is 0 Å². The Balaban J connectivity index is 1.52. The Morgan fingerprint density at radius 1 is 1.29 bits per heavy atom. The molecule has 0 saturated carbocycles. The summed E-state index contributed by atoms with van der Waals surface area (Å²) in [6, 6.07) is 10.0. The Morgan fingerprint density at radius 3 is 3.10 bits per heavy atom. The first-order chi connectivity index (χ1) is 10.4. The van der Waals surface area contributed by atoms with Gasteiger partial charge in [-0.15, -0.1) is 0 Å². The van der Waals surface area contributed by atoms with Crippen LogP contribution in [-0.2, 0) is 11.3 Å². The quantitative estimate of drug-likeness (QED) is 0.794. The zero-order valence-electron chi connectivity index (χ0n) is 11.6. The van der Waals surface area contributed by atoms with Crippen molar-refractivity contribution in [1.29, 1.82) is 0 Å². The number of para-hydroxylation sites is 2. The number of benzene rings is 1. The second-order valence-corrected chi connectivity index (χ2v) is 5.24. The number of hydrogen-bond acceptors (Lipinski definition) is 4. The smallest absolute Gasteiger partial charge is 0.204 e. The van der Waals surface area contributed by atoms with Gasteiger partial charge in [-0.2, -0.15) is 5.10 Å². The number of ether oxygens (including phenoxy) is 1. The van der Waals surface area contributed by atoms with Crippen molar-refractivity contribution in [3.8, 4) is 0 Å². The third-order valence-corrected chi connectivity index (χ3v) is 3.77. The lowest BCUT2D eigenvalue weighted by molar-refractivity contribution is 0.0270. The van der Waals surface area contributed by atoms with Crippen LogP contribution in [0.3, 0.4) is 0 Å². The van der Waals surface area contributed by atoms with E-state index in [9.17, 15) is 0 Å². The summed E-state index contributed by atoms with van der Waals surface area (Å²) in [5.41, 5.74) is 2.07. The van der Waals surface area contributed by atoms with E-state index in [1.807, 2.05) is 41.2 Å². The van der Waals surface area contributed by atoms with Crippen LogP contribution in [0.4, 0.5) is 5.95 Å². The monoisotopic (exact) mass is 283 g/mol. The maximum absolute atomic E-state index is 5.83. The molecule has 3 aromatic rings. The molecule has 1 aliphatic rings. The van der Waals surface area contributed by atoms with Crippen molar-refractivity contribution in [3.05, 3.63) is 42.7 Å². The van der Waals surface area contributed by atoms with Gasteiger partial charge in [-0.25, -0.2) is 4.98 Å². The maximum Gasteiger partial charge on any atom is 0.204 e. The normalized spacial score (nSPS) is 19.2. The minimum absolute atomic E-state index is 0.131. The second kappa shape index (κ2) is 5.21. The fourth-order valence-electron chi connectivity index (χ4n) is 2.73. The van der Waals surface area contributed by atoms with Crippen LogP contribution in [0.25, 0.3) is 11.0 Å². The summed E-state index contributed by atoms with van der Waals surface area (Å²) in [5, 5.41) is 4.24. The first kappa shape index (κ1) is 12.4. The van der Waals surface area contributed by atoms with E-state index in [-0.39, 0.29) is 6.10 Å². The standard InChI is InChI=1S/C15H17N5O/c1-2-5-14-13(4-1)17-15(18-14)19-8-9-21-12(10-19)11-20-7-3-6-16-20/h1-7,12H,8-11H2,(H,17,18). The molecule has 0 spiro atoms. The van der Waals surface area contributed by atoms with Gasteiger partial charge in [0.15, 0.2) is 0 Å². The molecule has 108 valence electrons. The fraction of sp³-hybridized carbons (Fsp3) is 0.333. The molecule has 0 amide bonds. The Kier molecular flexibility index (Phi) is 3.08. The Hall–Kier alpha value is -2.34. The van der Waals surface area contributed by atoms with Gasteiger partial charge in [-0.3, -0.25) is 4.68 Å². The minimum Gasteiger partial charge on any atom is -0.373 e. The molecule has 0 bridgehead atoms. The van der Waals surface area contributed by atoms with Crippen molar-refractivity contribution in [2.24, 2.45) is 0 Å². The van der Waals surface area contributed by atoms with Gasteiger partial charge in [0.05, 0.1) is 30.3 Å². The topological polar surface area (TPSA) is 59.0 Å². The predicted octanol–water partition coefficient (Wildman–Crippen LogP) is 1.66. The summed E-state index contributed by atoms with van der Waals surface area (Å²) in [5.74, 6) is 0.921. The largest absolute Gasteiger partial charge is 0.373 e. The summed E-state index contributed by atoms with van der Waals surface area (Å²) >= 11 is 0. The van der Waals surface area contributed by atoms with Gasteiger partial charge in [0.2, 0.25) is 5.95 Å². The van der Waals surface area contributed by atoms with Crippen LogP contribution in [0.15, 0.2) is 42.7 Å². The van der Waals surface area contributed by atoms with Crippen molar-refractivity contribution in [3.63, 3.8) is 0 Å². The summed E-state index contributed by atoms with van der Waals surface area (Å²) in [7, 11) is 0. The molecule has 0 aliphatic carbocycles. The van der Waals surface area contributed by atoms with E-state index in [0.29, 0.717) is 6.61 Å². The fourth-order valence-corrected chi connectivity index (χ4v) is 2.73. The van der Waals surface area contributed by atoms with Crippen LogP contribution in [-0.4, -0.2) is 45.5 Å². The van der Waals surface area contributed by atoms with E-state index < -0.39 is 0 Å². The van der Waals surface area contributed by atoms with E-state index in [0.717, 1.165) is 36.6 Å². The van der Waals surface area contributed by atoms with Crippen molar-refractivity contribution < 1.29 is 4.74 Å². The van der Waals surface area contributed by atoms with E-state index in [4.69, 9.17) is 4.74 Å². The number of anilines is 1. The molecule has 1 N–H and O–H groups in total. The van der Waals surface area contributed by atoms with Crippen LogP contribution in [0, 0.1) is 0 Å². The van der Waals surface area contributed by atoms with Crippen LogP contribution in [0.5, 0.6) is 0 Å². The third-order valence-electron chi connectivity index (χ3n) is 3.77. The Morgan fingerprint density at radius 2 is 2.24 bits per heavy atom. The van der Waals surface area contributed by atoms with Crippen LogP contribution in [0.2, 0.25) is 0 Å². The first-order valence-corrected chi connectivity index (χ1v) is 7.17. The molecule has 6 heteroatoms. The molecule has 21 heavy (non-hydrogen) atoms. The predicted molar refractivity (Wildman–Crippen MR) is 80.3 cm³/mol. The lowest BCUT2D eigenvalue weighted by Gasteiger charge is -2.32. The molecular formula is C15H17N5O. The van der Waals surface area contributed by atoms with Crippen molar-refractivity contribution >= 4 is 17.0 Å². The lowest BCUT2D eigenvalue weighted by atomic mass is 10.3. The molecule has 4 rings (SSSR count). The van der Waals surface area contributed by atoms with Gasteiger partial charge in [-0.1, -0.05) is 12.1 Å². The highest BCUT2D eigenvalue weighted by molar-refractivity contribution is 5.77. The lowest BCUT2D eigenvalue weighted by Crippen LogP contribution is -2.44. The molecule has 1 aliphatic heterocycles. The van der Waals surface area contributed by atoms with Gasteiger partial charge >= 0.3 is 0 Å². The number of rotatable bonds is 3. The maximum atomic E-state index is 5.83. The van der Waals surface area contributed by atoms with Gasteiger partial charge < -0.3 is 14.6 Å². The summed E-state index contributed by atoms with van der Waals surface area (Å²) < 4.78 is 7.74. The van der Waals surface area contributed by atoms with Gasteiger partial charge in [-0.05, 0) is 18.2 Å². The molecule has 0 radical (unpaired) electrons. The Labute approximate surface area is 122 Å². The summed E-state index contributed by atoms with van der Waals surface area (Å²) in [6.45, 7) is 3.15. The molecule has 1 unspecified atom stereocenters. The first-order valence-electron chi connectivity index (χ1n) is 7.17. The number of fused-ring (bicyclic) bond motifs is 1. The molecule has 1 saturated heterocycles. The number of imidazole rings is 1. The number of H-pyrrole nitrogens is 1. The number of nitrogens with zero attached hydrogens (tertiary/aromatic N) is 4. The van der Waals surface area contributed by atoms with Crippen LogP contribution < -0.4 is 4.90 Å². The van der Waals surface area contributed by atoms with Gasteiger partial charge in [0.1, 0.15) is 0 Å². The summed E-state index contributed by atoms with van der Waals surface area (Å²) in [4.78, 5) is 10.3. The van der Waals surface area contributed by atoms with Crippen molar-refractivity contribution in [1.82, 2.24) is 19.7 Å². The minimum atomic E-state index is 0.131. The number of hydrogen-bond donors (Lipinski definition) is 1. The SMILES string of the molecule is c1ccc2[nH]c(N3CCOC(Cn4cccn4)C3)nc2c1. The third kappa shape index (κ3) is 2.50. The highest BCUT2D eigenvalue weighted by Crippen LogP contribution is 2.19. The Bertz CT molecular complexity index is 688. The molecule has 2 aromatic heterocycles. The highest BCUT2D eigenvalue weighted by Gasteiger charge is 2.23. The van der Waals surface area contributed by atoms with Crippen molar-refractivity contribution in [2.45, 2.75) is 12.6 Å². The zero-order valence-corrected chi connectivity index (χ0v) is 11.6. The van der Waals surface area contributed by atoms with Crippen molar-refractivity contribution in [2.75, 3.05) is 24.6 Å². The summed E-state index contributed by atoms with van der Waals surface area (Å²) in [6.07, 6.45) is 3.88. The highest BCUT2D eigenvalue weighted by atomic mass is 16.5. The average molecular weight is 283 g/mol. The van der Waals surface area contributed by atoms with E-state index in [2.05, 4.69) is 20.0 Å². The molecule has 3 heterocycles. The van der Waals surface area contributed by atoms with E-state index in [1.54, 1.807) is 6.20 Å². The van der Waals surface area contributed by atoms with E-state index >= 15 is 0 Å². The molecule has 6 nitrogen and oxygen atoms in total.